The number of hydrogen-bond acceptors (Lipinski definition) is 18. The molecule has 19 heteroatoms. The van der Waals surface area contributed by atoms with Gasteiger partial charge in [0.1, 0.15) is 73.2 Å². The monoisotopic (exact) mass is 1570 g/mol. The van der Waals surface area contributed by atoms with Crippen LogP contribution in [0.25, 0.3) is 0 Å². The Morgan fingerprint density at radius 1 is 0.333 bits per heavy atom. The van der Waals surface area contributed by atoms with Crippen LogP contribution in [0.5, 0.6) is 0 Å². The van der Waals surface area contributed by atoms with Gasteiger partial charge in [0.2, 0.25) is 5.91 Å². The van der Waals surface area contributed by atoms with Crippen molar-refractivity contribution in [1.82, 2.24) is 5.32 Å². The van der Waals surface area contributed by atoms with Crippen LogP contribution in [-0.4, -0.2) is 193 Å². The van der Waals surface area contributed by atoms with Crippen LogP contribution in [0.3, 0.4) is 0 Å². The first-order chi connectivity index (χ1) is 54.3. The summed E-state index contributed by atoms with van der Waals surface area (Å²) in [5.41, 5.74) is 0. The predicted octanol–water partition coefficient (Wildman–Crippen LogP) is 16.8. The molecule has 0 bridgehead atoms. The van der Waals surface area contributed by atoms with E-state index in [9.17, 15) is 61.0 Å². The Kier molecular flexibility index (Phi) is 64.7. The summed E-state index contributed by atoms with van der Waals surface area (Å²) >= 11 is 0. The Bertz CT molecular complexity index is 2430. The molecule has 111 heavy (non-hydrogen) atoms. The van der Waals surface area contributed by atoms with Crippen LogP contribution in [0, 0.1) is 0 Å². The number of aliphatic hydroxyl groups is 11. The second-order valence-electron chi connectivity index (χ2n) is 31.3. The molecule has 0 aromatic heterocycles. The molecule has 17 atom stereocenters. The van der Waals surface area contributed by atoms with Crippen LogP contribution in [0.1, 0.15) is 335 Å². The van der Waals surface area contributed by atoms with Crippen LogP contribution in [-0.2, 0) is 33.2 Å². The number of hydrogen-bond donors (Lipinski definition) is 12. The van der Waals surface area contributed by atoms with Crippen molar-refractivity contribution in [2.75, 3.05) is 26.4 Å². The van der Waals surface area contributed by atoms with Gasteiger partial charge >= 0.3 is 0 Å². The van der Waals surface area contributed by atoms with E-state index in [1.165, 1.54) is 186 Å². The van der Waals surface area contributed by atoms with Crippen molar-refractivity contribution >= 4 is 5.91 Å². The summed E-state index contributed by atoms with van der Waals surface area (Å²) in [5.74, 6) is -0.262. The van der Waals surface area contributed by atoms with Gasteiger partial charge in [0.15, 0.2) is 18.9 Å². The van der Waals surface area contributed by atoms with E-state index in [2.05, 4.69) is 129 Å². The molecule has 3 aliphatic heterocycles. The summed E-state index contributed by atoms with van der Waals surface area (Å²) in [6.45, 7) is 1.71. The van der Waals surface area contributed by atoms with Crippen LogP contribution in [0.4, 0.5) is 0 Å². The van der Waals surface area contributed by atoms with Crippen molar-refractivity contribution in [2.24, 2.45) is 0 Å². The third-order valence-electron chi connectivity index (χ3n) is 21.6. The normalized spacial score (nSPS) is 25.6. The van der Waals surface area contributed by atoms with E-state index in [1.807, 2.05) is 0 Å². The lowest BCUT2D eigenvalue weighted by Gasteiger charge is -2.48. The van der Waals surface area contributed by atoms with Gasteiger partial charge < -0.3 is 89.9 Å². The summed E-state index contributed by atoms with van der Waals surface area (Å²) in [6, 6.07) is -0.909. The Hall–Kier alpha value is -3.55. The molecule has 3 rings (SSSR count). The standard InChI is InChI=1S/C92H161NO18/c1-3-5-7-9-11-13-15-17-19-21-23-25-27-29-31-33-35-37-39-41-43-45-47-49-51-53-55-57-59-61-63-65-67-69-76(97)75(74-106-90-86(104)83(101)88(78(72-95)108-90)111-92-87(105)84(102)89(79(73-96)109-92)110-91-85(103)82(100)81(99)77(71-94)107-91)93-80(98)70-68-66-64-62-60-58-56-54-52-50-48-46-44-42-40-38-36-34-32-30-28-26-24-22-20-18-16-14-12-10-8-6-4-2/h6,8,12,14,18,20,24,26,30,32,36,38,42,44,48,50,54,56,75-79,81-92,94-97,99-105H,3-5,7,9-11,13,15-17,19,21-23,25,27-29,31,33-35,37,39-41,43,45-47,49,51-53,55,57-74H2,1-2H3,(H,93,98)/b8-6-,14-12-,20-18-,26-24-,32-30-,38-36-,44-42-,50-48-,56-54-. The van der Waals surface area contributed by atoms with Crippen molar-refractivity contribution in [2.45, 2.75) is 439 Å². The summed E-state index contributed by atoms with van der Waals surface area (Å²) in [7, 11) is 0. The lowest BCUT2D eigenvalue weighted by Crippen LogP contribution is -2.66. The maximum absolute atomic E-state index is 13.5. The number of unbranched alkanes of at least 4 members (excludes halogenated alkanes) is 37. The first-order valence-electron chi connectivity index (χ1n) is 44.6. The fourth-order valence-electron chi connectivity index (χ4n) is 14.5. The first-order valence-corrected chi connectivity index (χ1v) is 44.6. The molecule has 17 unspecified atom stereocenters. The van der Waals surface area contributed by atoms with Gasteiger partial charge in [0, 0.05) is 6.42 Å². The first kappa shape index (κ1) is 102. The van der Waals surface area contributed by atoms with Gasteiger partial charge in [-0.1, -0.05) is 354 Å². The molecule has 0 aliphatic carbocycles. The Morgan fingerprint density at radius 3 is 0.973 bits per heavy atom. The molecular formula is C92H161NO18. The maximum atomic E-state index is 13.5. The Labute approximate surface area is 672 Å². The quantitative estimate of drug-likeness (QED) is 0.0199. The van der Waals surface area contributed by atoms with Crippen LogP contribution >= 0.6 is 0 Å². The Morgan fingerprint density at radius 2 is 0.622 bits per heavy atom. The molecule has 1 amide bonds. The van der Waals surface area contributed by atoms with E-state index in [4.69, 9.17) is 28.4 Å². The molecule has 19 nitrogen and oxygen atoms in total. The van der Waals surface area contributed by atoms with Crippen molar-refractivity contribution in [3.8, 4) is 0 Å². The minimum Gasteiger partial charge on any atom is -0.394 e. The third-order valence-corrected chi connectivity index (χ3v) is 21.6. The summed E-state index contributed by atoms with van der Waals surface area (Å²) < 4.78 is 34.6. The molecule has 0 spiro atoms. The highest BCUT2D eigenvalue weighted by Crippen LogP contribution is 2.33. The van der Waals surface area contributed by atoms with Crippen molar-refractivity contribution in [3.63, 3.8) is 0 Å². The lowest BCUT2D eigenvalue weighted by atomic mass is 9.96. The molecule has 3 fully saturated rings. The van der Waals surface area contributed by atoms with E-state index in [0.29, 0.717) is 12.8 Å². The highest BCUT2D eigenvalue weighted by atomic mass is 16.8. The van der Waals surface area contributed by atoms with Crippen molar-refractivity contribution < 1.29 is 89.4 Å². The second-order valence-corrected chi connectivity index (χ2v) is 31.3. The largest absolute Gasteiger partial charge is 0.394 e. The molecule has 3 saturated heterocycles. The van der Waals surface area contributed by atoms with E-state index in [0.717, 1.165) is 116 Å². The molecule has 0 saturated carbocycles. The molecule has 0 radical (unpaired) electrons. The average molecular weight is 1570 g/mol. The zero-order chi connectivity index (χ0) is 80.3. The summed E-state index contributed by atoms with van der Waals surface area (Å²) in [4.78, 5) is 13.5. The molecule has 3 heterocycles. The zero-order valence-corrected chi connectivity index (χ0v) is 69.2. The van der Waals surface area contributed by atoms with Gasteiger partial charge in [-0.15, -0.1) is 0 Å². The zero-order valence-electron chi connectivity index (χ0n) is 69.2. The summed E-state index contributed by atoms with van der Waals surface area (Å²) in [5, 5.41) is 121. The van der Waals surface area contributed by atoms with Gasteiger partial charge in [0.05, 0.1) is 38.6 Å². The van der Waals surface area contributed by atoms with Gasteiger partial charge in [-0.05, 0) is 83.5 Å². The topological polar surface area (TPSA) is 307 Å². The second kappa shape index (κ2) is 70.6. The lowest BCUT2D eigenvalue weighted by molar-refractivity contribution is -0.379. The molecule has 642 valence electrons. The number of aliphatic hydroxyl groups excluding tert-OH is 11. The van der Waals surface area contributed by atoms with Gasteiger partial charge in [-0.2, -0.15) is 0 Å². The fourth-order valence-corrected chi connectivity index (χ4v) is 14.5. The Balaban J connectivity index is 1.35. The van der Waals surface area contributed by atoms with E-state index < -0.39 is 124 Å². The molecule has 0 aromatic carbocycles. The van der Waals surface area contributed by atoms with Gasteiger partial charge in [-0.25, -0.2) is 0 Å². The van der Waals surface area contributed by atoms with E-state index >= 15 is 0 Å². The van der Waals surface area contributed by atoms with Crippen molar-refractivity contribution in [3.05, 3.63) is 109 Å². The number of amides is 1. The van der Waals surface area contributed by atoms with E-state index in [1.54, 1.807) is 0 Å². The predicted molar refractivity (Wildman–Crippen MR) is 447 cm³/mol. The number of carbonyl (C=O) groups excluding carboxylic acids is 1. The SMILES string of the molecule is CC/C=C\C/C=C\C/C=C\C/C=C\C/C=C\C/C=C\C/C=C\C/C=C\C/C=C\CCCCCCCC(=O)NC(COC1OC(CO)C(OC2OC(CO)C(OC3OC(CO)C(O)C(O)C3O)C(O)C2O)C(O)C1O)C(O)CCCCCCCCCCCCCCCCCCCCCCCCCCCCCCCCCCC. The summed E-state index contributed by atoms with van der Waals surface area (Å²) in [6.07, 6.45) is 71.9. The maximum Gasteiger partial charge on any atom is 0.220 e. The van der Waals surface area contributed by atoms with Crippen molar-refractivity contribution in [1.29, 1.82) is 0 Å². The number of nitrogens with one attached hydrogen (secondary N) is 1. The van der Waals surface area contributed by atoms with Crippen LogP contribution < -0.4 is 5.32 Å². The highest BCUT2D eigenvalue weighted by Gasteiger charge is 2.54. The minimum absolute atomic E-state index is 0.237. The van der Waals surface area contributed by atoms with Gasteiger partial charge in [0.25, 0.3) is 0 Å². The number of allylic oxidation sites excluding steroid dienone is 18. The van der Waals surface area contributed by atoms with Gasteiger partial charge in [-0.3, -0.25) is 4.79 Å². The smallest absolute Gasteiger partial charge is 0.220 e. The highest BCUT2D eigenvalue weighted by molar-refractivity contribution is 5.76. The van der Waals surface area contributed by atoms with Crippen LogP contribution in [0.2, 0.25) is 0 Å². The molecule has 0 aromatic rings. The minimum atomic E-state index is -1.98. The number of carbonyl (C=O) groups is 1. The third kappa shape index (κ3) is 49.3. The number of ether oxygens (including phenoxy) is 6. The molecular weight excluding hydrogens is 1410 g/mol. The fraction of sp³-hybridized carbons (Fsp3) is 0.793. The van der Waals surface area contributed by atoms with E-state index in [-0.39, 0.29) is 18.9 Å². The average Bonchev–Trinajstić information content (AvgIpc) is 0.780. The number of rotatable bonds is 71. The molecule has 3 aliphatic rings. The molecule has 12 N–H and O–H groups in total. The van der Waals surface area contributed by atoms with Crippen LogP contribution in [0.15, 0.2) is 109 Å².